The number of methoxy groups -OCH3 is 1. The Morgan fingerprint density at radius 2 is 2.14 bits per heavy atom. The number of carbonyl (C=O) groups is 1. The molecule has 1 unspecified atom stereocenters. The Hall–Kier alpha value is -2.18. The summed E-state index contributed by atoms with van der Waals surface area (Å²) in [6.07, 6.45) is 2.15. The van der Waals surface area contributed by atoms with Crippen LogP contribution in [0, 0.1) is 21.8 Å². The first kappa shape index (κ1) is 15.2. The summed E-state index contributed by atoms with van der Waals surface area (Å²) in [5, 5.41) is 11.1. The second-order valence-corrected chi connectivity index (χ2v) is 5.26. The third kappa shape index (κ3) is 2.96. The fourth-order valence-corrected chi connectivity index (χ4v) is 2.36. The second-order valence-electron chi connectivity index (χ2n) is 5.26. The molecule has 1 aromatic rings. The summed E-state index contributed by atoms with van der Waals surface area (Å²) >= 11 is 0. The number of ether oxygens (including phenoxy) is 1. The Morgan fingerprint density at radius 1 is 1.52 bits per heavy atom. The van der Waals surface area contributed by atoms with Crippen molar-refractivity contribution in [1.82, 2.24) is 0 Å². The summed E-state index contributed by atoms with van der Waals surface area (Å²) in [7, 11) is 2.85. The van der Waals surface area contributed by atoms with Gasteiger partial charge in [0.05, 0.1) is 23.7 Å². The summed E-state index contributed by atoms with van der Waals surface area (Å²) in [5.74, 6) is -1.33. The first-order valence-corrected chi connectivity index (χ1v) is 6.66. The van der Waals surface area contributed by atoms with Crippen molar-refractivity contribution in [2.45, 2.75) is 25.8 Å². The van der Waals surface area contributed by atoms with Gasteiger partial charge in [-0.15, -0.1) is 0 Å². The topological polar surface area (TPSA) is 72.7 Å². The maximum absolute atomic E-state index is 13.8. The molecule has 21 heavy (non-hydrogen) atoms. The van der Waals surface area contributed by atoms with Crippen LogP contribution in [-0.4, -0.2) is 31.1 Å². The molecule has 0 aliphatic heterocycles. The number of nitro groups is 1. The quantitative estimate of drug-likeness (QED) is 0.474. The van der Waals surface area contributed by atoms with E-state index in [9.17, 15) is 19.3 Å². The molecule has 1 fully saturated rings. The van der Waals surface area contributed by atoms with E-state index in [1.807, 2.05) is 6.92 Å². The maximum atomic E-state index is 13.8. The predicted octanol–water partition coefficient (Wildman–Crippen LogP) is 2.76. The smallest absolute Gasteiger partial charge is 0.340 e. The van der Waals surface area contributed by atoms with Crippen LogP contribution in [-0.2, 0) is 4.74 Å². The molecule has 114 valence electrons. The van der Waals surface area contributed by atoms with Crippen LogP contribution >= 0.6 is 0 Å². The van der Waals surface area contributed by atoms with E-state index in [2.05, 4.69) is 4.74 Å². The third-order valence-corrected chi connectivity index (χ3v) is 3.96. The lowest BCUT2D eigenvalue weighted by atomic mass is 10.1. The van der Waals surface area contributed by atoms with Gasteiger partial charge in [0.1, 0.15) is 11.5 Å². The Kier molecular flexibility index (Phi) is 4.11. The number of esters is 1. The van der Waals surface area contributed by atoms with Crippen LogP contribution < -0.4 is 4.90 Å². The van der Waals surface area contributed by atoms with Gasteiger partial charge in [0.2, 0.25) is 0 Å². The van der Waals surface area contributed by atoms with Crippen molar-refractivity contribution >= 4 is 17.3 Å². The van der Waals surface area contributed by atoms with E-state index in [4.69, 9.17) is 0 Å². The molecule has 0 heterocycles. The monoisotopic (exact) mass is 296 g/mol. The van der Waals surface area contributed by atoms with Crippen molar-refractivity contribution in [1.29, 1.82) is 0 Å². The van der Waals surface area contributed by atoms with Crippen molar-refractivity contribution in [3.8, 4) is 0 Å². The van der Waals surface area contributed by atoms with Gasteiger partial charge >= 0.3 is 5.97 Å². The highest BCUT2D eigenvalue weighted by molar-refractivity contribution is 5.92. The van der Waals surface area contributed by atoms with E-state index >= 15 is 0 Å². The third-order valence-electron chi connectivity index (χ3n) is 3.96. The summed E-state index contributed by atoms with van der Waals surface area (Å²) < 4.78 is 18.3. The van der Waals surface area contributed by atoms with Crippen molar-refractivity contribution in [2.24, 2.45) is 5.92 Å². The van der Waals surface area contributed by atoms with Gasteiger partial charge in [-0.2, -0.15) is 0 Å². The molecule has 7 heteroatoms. The number of benzene rings is 1. The molecule has 0 bridgehead atoms. The number of nitro benzene ring substituents is 1. The van der Waals surface area contributed by atoms with Gasteiger partial charge in [0, 0.05) is 13.1 Å². The van der Waals surface area contributed by atoms with Crippen molar-refractivity contribution in [3.05, 3.63) is 33.6 Å². The van der Waals surface area contributed by atoms with Gasteiger partial charge in [-0.25, -0.2) is 9.18 Å². The molecular formula is C14H17FN2O4. The van der Waals surface area contributed by atoms with Crippen LogP contribution in [0.25, 0.3) is 0 Å². The van der Waals surface area contributed by atoms with Crippen LogP contribution in [0.3, 0.4) is 0 Å². The molecule has 1 atom stereocenters. The van der Waals surface area contributed by atoms with Gasteiger partial charge < -0.3 is 9.64 Å². The van der Waals surface area contributed by atoms with Crippen LogP contribution in [0.1, 0.15) is 30.1 Å². The van der Waals surface area contributed by atoms with Gasteiger partial charge in [-0.1, -0.05) is 0 Å². The molecule has 0 radical (unpaired) electrons. The number of halogens is 1. The van der Waals surface area contributed by atoms with Gasteiger partial charge in [0.15, 0.2) is 0 Å². The lowest BCUT2D eigenvalue weighted by Crippen LogP contribution is -2.31. The van der Waals surface area contributed by atoms with Gasteiger partial charge in [-0.05, 0) is 31.7 Å². The molecule has 1 aliphatic carbocycles. The first-order chi connectivity index (χ1) is 9.86. The average Bonchev–Trinajstić information content (AvgIpc) is 3.29. The number of hydrogen-bond donors (Lipinski definition) is 0. The molecule has 1 saturated carbocycles. The summed E-state index contributed by atoms with van der Waals surface area (Å²) in [6.45, 7) is 1.96. The number of rotatable bonds is 5. The van der Waals surface area contributed by atoms with E-state index in [0.717, 1.165) is 26.0 Å². The predicted molar refractivity (Wildman–Crippen MR) is 75.0 cm³/mol. The van der Waals surface area contributed by atoms with E-state index in [-0.39, 0.29) is 23.0 Å². The van der Waals surface area contributed by atoms with Crippen LogP contribution in [0.2, 0.25) is 0 Å². The van der Waals surface area contributed by atoms with Gasteiger partial charge in [-0.3, -0.25) is 10.1 Å². The standard InChI is InChI=1S/C14H17FN2O4/c1-8(9-4-5-9)16(2)12-6-10(14(18)21-3)11(15)7-13(12)17(19)20/h6-9H,4-5H2,1-3H3. The Morgan fingerprint density at radius 3 is 2.62 bits per heavy atom. The summed E-state index contributed by atoms with van der Waals surface area (Å²) in [5.41, 5.74) is -0.427. The minimum Gasteiger partial charge on any atom is -0.465 e. The van der Waals surface area contributed by atoms with E-state index in [1.165, 1.54) is 6.07 Å². The largest absolute Gasteiger partial charge is 0.465 e. The highest BCUT2D eigenvalue weighted by Crippen LogP contribution is 2.39. The maximum Gasteiger partial charge on any atom is 0.340 e. The number of nitrogens with zero attached hydrogens (tertiary/aromatic N) is 2. The zero-order chi connectivity index (χ0) is 15.7. The van der Waals surface area contributed by atoms with Crippen molar-refractivity contribution in [2.75, 3.05) is 19.1 Å². The zero-order valence-corrected chi connectivity index (χ0v) is 12.1. The van der Waals surface area contributed by atoms with Crippen LogP contribution in [0.4, 0.5) is 15.8 Å². The zero-order valence-electron chi connectivity index (χ0n) is 12.1. The molecule has 0 saturated heterocycles. The fraction of sp³-hybridized carbons (Fsp3) is 0.500. The minimum absolute atomic E-state index is 0.0830. The summed E-state index contributed by atoms with van der Waals surface area (Å²) in [6, 6.07) is 2.05. The Balaban J connectivity index is 2.49. The van der Waals surface area contributed by atoms with Crippen molar-refractivity contribution in [3.63, 3.8) is 0 Å². The summed E-state index contributed by atoms with van der Waals surface area (Å²) in [4.78, 5) is 23.8. The van der Waals surface area contributed by atoms with E-state index in [0.29, 0.717) is 5.92 Å². The molecule has 6 nitrogen and oxygen atoms in total. The fourth-order valence-electron chi connectivity index (χ4n) is 2.36. The Labute approximate surface area is 121 Å². The normalized spacial score (nSPS) is 15.4. The molecule has 0 N–H and O–H groups in total. The highest BCUT2D eigenvalue weighted by Gasteiger charge is 2.34. The molecule has 1 aliphatic rings. The SMILES string of the molecule is COC(=O)c1cc(N(C)C(C)C2CC2)c([N+](=O)[O-])cc1F. The van der Waals surface area contributed by atoms with Crippen LogP contribution in [0.5, 0.6) is 0 Å². The molecule has 0 amide bonds. The molecule has 1 aromatic carbocycles. The second kappa shape index (κ2) is 5.67. The Bertz CT molecular complexity index is 587. The minimum atomic E-state index is -0.954. The highest BCUT2D eigenvalue weighted by atomic mass is 19.1. The molecule has 0 spiro atoms. The lowest BCUT2D eigenvalue weighted by Gasteiger charge is -2.27. The number of carbonyl (C=O) groups excluding carboxylic acids is 1. The van der Waals surface area contributed by atoms with Crippen molar-refractivity contribution < 1.29 is 18.8 Å². The van der Waals surface area contributed by atoms with E-state index in [1.54, 1.807) is 11.9 Å². The van der Waals surface area contributed by atoms with Crippen LogP contribution in [0.15, 0.2) is 12.1 Å². The number of anilines is 1. The van der Waals surface area contributed by atoms with Gasteiger partial charge in [0.25, 0.3) is 5.69 Å². The molecule has 2 rings (SSSR count). The number of hydrogen-bond acceptors (Lipinski definition) is 5. The molecule has 0 aromatic heterocycles. The average molecular weight is 296 g/mol. The van der Waals surface area contributed by atoms with E-state index < -0.39 is 16.7 Å². The molecular weight excluding hydrogens is 279 g/mol. The lowest BCUT2D eigenvalue weighted by molar-refractivity contribution is -0.384. The first-order valence-electron chi connectivity index (χ1n) is 6.66.